The number of carbonyl (C=O) groups is 1. The molecule has 0 aliphatic rings. The van der Waals surface area contributed by atoms with Crippen LogP contribution in [-0.4, -0.2) is 22.6 Å². The average Bonchev–Trinajstić information content (AvgIpc) is 2.15. The Hall–Kier alpha value is -1.58. The van der Waals surface area contributed by atoms with Gasteiger partial charge in [0.2, 0.25) is 0 Å². The van der Waals surface area contributed by atoms with E-state index in [4.69, 9.17) is 5.11 Å². The maximum absolute atomic E-state index is 10.5. The van der Waals surface area contributed by atoms with E-state index in [1.807, 2.05) is 6.07 Å². The van der Waals surface area contributed by atoms with Gasteiger partial charge in [-0.25, -0.2) is 0 Å². The summed E-state index contributed by atoms with van der Waals surface area (Å²) in [6, 6.07) is 3.65. The van der Waals surface area contributed by atoms with Crippen molar-refractivity contribution in [2.75, 3.05) is 11.9 Å². The van der Waals surface area contributed by atoms with Crippen molar-refractivity contribution in [3.63, 3.8) is 0 Å². The number of carboxylic acid groups (broad SMARTS) is 1. The molecule has 0 radical (unpaired) electrons. The molecule has 2 N–H and O–H groups in total. The Bertz CT molecular complexity index is 274. The highest BCUT2D eigenvalue weighted by Gasteiger charge is 2.09. The van der Waals surface area contributed by atoms with Gasteiger partial charge >= 0.3 is 5.97 Å². The first-order valence-electron chi connectivity index (χ1n) is 4.07. The monoisotopic (exact) mass is 180 g/mol. The first-order valence-corrected chi connectivity index (χ1v) is 4.07. The van der Waals surface area contributed by atoms with E-state index >= 15 is 0 Å². The van der Waals surface area contributed by atoms with Crippen LogP contribution in [0.2, 0.25) is 0 Å². The fourth-order valence-electron chi connectivity index (χ4n) is 0.826. The van der Waals surface area contributed by atoms with Crippen LogP contribution in [-0.2, 0) is 4.79 Å². The molecule has 4 heteroatoms. The minimum absolute atomic E-state index is 0.389. The summed E-state index contributed by atoms with van der Waals surface area (Å²) in [4.78, 5) is 14.4. The van der Waals surface area contributed by atoms with Crippen molar-refractivity contribution >= 4 is 11.7 Å². The Balaban J connectivity index is 2.39. The highest BCUT2D eigenvalue weighted by Crippen LogP contribution is 2.04. The average molecular weight is 180 g/mol. The number of hydrogen-bond donors (Lipinski definition) is 2. The minimum Gasteiger partial charge on any atom is -0.481 e. The van der Waals surface area contributed by atoms with Gasteiger partial charge in [-0.3, -0.25) is 9.78 Å². The molecule has 0 saturated heterocycles. The summed E-state index contributed by atoms with van der Waals surface area (Å²) in [5.74, 6) is -1.18. The zero-order chi connectivity index (χ0) is 9.68. The van der Waals surface area contributed by atoms with Gasteiger partial charge in [-0.2, -0.15) is 0 Å². The van der Waals surface area contributed by atoms with E-state index in [1.54, 1.807) is 25.4 Å². The van der Waals surface area contributed by atoms with Crippen LogP contribution in [0.15, 0.2) is 24.5 Å². The van der Waals surface area contributed by atoms with Crippen LogP contribution in [0, 0.1) is 5.92 Å². The molecule has 1 heterocycles. The summed E-state index contributed by atoms with van der Waals surface area (Å²) in [5, 5.41) is 11.6. The summed E-state index contributed by atoms with van der Waals surface area (Å²) < 4.78 is 0. The second kappa shape index (κ2) is 4.45. The molecule has 1 aromatic heterocycles. The molecule has 0 aliphatic heterocycles. The molecule has 0 saturated carbocycles. The molecule has 0 fully saturated rings. The molecule has 1 rings (SSSR count). The summed E-state index contributed by atoms with van der Waals surface area (Å²) in [7, 11) is 0. The van der Waals surface area contributed by atoms with E-state index in [1.165, 1.54) is 0 Å². The van der Waals surface area contributed by atoms with Gasteiger partial charge in [0.1, 0.15) is 0 Å². The number of rotatable bonds is 4. The van der Waals surface area contributed by atoms with E-state index in [-0.39, 0.29) is 5.92 Å². The van der Waals surface area contributed by atoms with Gasteiger partial charge in [-0.05, 0) is 12.1 Å². The lowest BCUT2D eigenvalue weighted by Crippen LogP contribution is -2.19. The quantitative estimate of drug-likeness (QED) is 0.731. The number of pyridine rings is 1. The summed E-state index contributed by atoms with van der Waals surface area (Å²) in [5.41, 5.74) is 0.843. The number of aromatic nitrogens is 1. The van der Waals surface area contributed by atoms with Crippen LogP contribution in [0.3, 0.4) is 0 Å². The van der Waals surface area contributed by atoms with Gasteiger partial charge in [0.15, 0.2) is 0 Å². The first kappa shape index (κ1) is 9.51. The Kier molecular flexibility index (Phi) is 3.25. The normalized spacial score (nSPS) is 12.1. The van der Waals surface area contributed by atoms with Gasteiger partial charge in [-0.1, -0.05) is 6.92 Å². The van der Waals surface area contributed by atoms with Gasteiger partial charge in [0.05, 0.1) is 11.6 Å². The highest BCUT2D eigenvalue weighted by molar-refractivity contribution is 5.70. The van der Waals surface area contributed by atoms with E-state index in [9.17, 15) is 4.79 Å². The molecule has 0 amide bonds. The van der Waals surface area contributed by atoms with E-state index in [0.29, 0.717) is 6.54 Å². The van der Waals surface area contributed by atoms with Gasteiger partial charge in [0.25, 0.3) is 0 Å². The van der Waals surface area contributed by atoms with E-state index < -0.39 is 5.97 Å². The van der Waals surface area contributed by atoms with Crippen LogP contribution in [0.1, 0.15) is 6.92 Å². The summed E-state index contributed by atoms with van der Waals surface area (Å²) in [6.07, 6.45) is 3.33. The number of nitrogens with zero attached hydrogens (tertiary/aromatic N) is 1. The number of carboxylic acids is 1. The number of hydrogen-bond acceptors (Lipinski definition) is 3. The molecule has 1 unspecified atom stereocenters. The zero-order valence-corrected chi connectivity index (χ0v) is 7.40. The third kappa shape index (κ3) is 3.11. The predicted molar refractivity (Wildman–Crippen MR) is 49.5 cm³/mol. The molecule has 1 aromatic rings. The molecule has 13 heavy (non-hydrogen) atoms. The lowest BCUT2D eigenvalue weighted by Gasteiger charge is -2.08. The Morgan fingerprint density at radius 1 is 1.77 bits per heavy atom. The van der Waals surface area contributed by atoms with E-state index in [0.717, 1.165) is 5.69 Å². The predicted octanol–water partition coefficient (Wildman–Crippen LogP) is 1.21. The second-order valence-electron chi connectivity index (χ2n) is 2.86. The molecule has 0 spiro atoms. The molecular weight excluding hydrogens is 168 g/mol. The van der Waals surface area contributed by atoms with Crippen LogP contribution in [0.25, 0.3) is 0 Å². The number of aliphatic carboxylic acids is 1. The van der Waals surface area contributed by atoms with Crippen molar-refractivity contribution in [1.29, 1.82) is 0 Å². The fraction of sp³-hybridized carbons (Fsp3) is 0.333. The minimum atomic E-state index is -0.795. The molecular formula is C9H12N2O2. The van der Waals surface area contributed by atoms with Crippen LogP contribution in [0.5, 0.6) is 0 Å². The molecule has 0 bridgehead atoms. The molecule has 4 nitrogen and oxygen atoms in total. The highest BCUT2D eigenvalue weighted by atomic mass is 16.4. The lowest BCUT2D eigenvalue weighted by molar-refractivity contribution is -0.140. The van der Waals surface area contributed by atoms with Gasteiger partial charge < -0.3 is 10.4 Å². The summed E-state index contributed by atoms with van der Waals surface area (Å²) >= 11 is 0. The van der Waals surface area contributed by atoms with Crippen LogP contribution >= 0.6 is 0 Å². The maximum atomic E-state index is 10.5. The third-order valence-corrected chi connectivity index (χ3v) is 1.70. The SMILES string of the molecule is CC(CNc1cccnc1)C(=O)O. The lowest BCUT2D eigenvalue weighted by atomic mass is 10.2. The third-order valence-electron chi connectivity index (χ3n) is 1.70. The van der Waals surface area contributed by atoms with Crippen LogP contribution in [0.4, 0.5) is 5.69 Å². The number of anilines is 1. The zero-order valence-electron chi connectivity index (χ0n) is 7.40. The van der Waals surface area contributed by atoms with Crippen molar-refractivity contribution in [2.24, 2.45) is 5.92 Å². The smallest absolute Gasteiger partial charge is 0.308 e. The number of nitrogens with one attached hydrogen (secondary N) is 1. The Morgan fingerprint density at radius 2 is 2.54 bits per heavy atom. The molecule has 70 valence electrons. The summed E-state index contributed by atoms with van der Waals surface area (Å²) in [6.45, 7) is 2.08. The van der Waals surface area contributed by atoms with Crippen molar-refractivity contribution in [1.82, 2.24) is 4.98 Å². The van der Waals surface area contributed by atoms with Gasteiger partial charge in [0, 0.05) is 18.9 Å². The largest absolute Gasteiger partial charge is 0.481 e. The molecule has 0 aromatic carbocycles. The van der Waals surface area contributed by atoms with Crippen molar-refractivity contribution < 1.29 is 9.90 Å². The topological polar surface area (TPSA) is 62.2 Å². The van der Waals surface area contributed by atoms with Gasteiger partial charge in [-0.15, -0.1) is 0 Å². The maximum Gasteiger partial charge on any atom is 0.308 e. The Morgan fingerprint density at radius 3 is 3.08 bits per heavy atom. The second-order valence-corrected chi connectivity index (χ2v) is 2.86. The fourth-order valence-corrected chi connectivity index (χ4v) is 0.826. The standard InChI is InChI=1S/C9H12N2O2/c1-7(9(12)13)5-11-8-3-2-4-10-6-8/h2-4,6-7,11H,5H2,1H3,(H,12,13). The van der Waals surface area contributed by atoms with Crippen molar-refractivity contribution in [3.8, 4) is 0 Å². The molecule has 0 aliphatic carbocycles. The Labute approximate surface area is 76.6 Å². The first-order chi connectivity index (χ1) is 6.20. The van der Waals surface area contributed by atoms with Crippen molar-refractivity contribution in [2.45, 2.75) is 6.92 Å². The van der Waals surface area contributed by atoms with E-state index in [2.05, 4.69) is 10.3 Å². The van der Waals surface area contributed by atoms with Crippen molar-refractivity contribution in [3.05, 3.63) is 24.5 Å². The van der Waals surface area contributed by atoms with Crippen LogP contribution < -0.4 is 5.32 Å². The molecule has 1 atom stereocenters.